The molecule has 0 rings (SSSR count). The minimum Gasteiger partial charge on any atom is -0.462 e. The maximum absolute atomic E-state index is 13.0. The molecule has 3 atom stereocenters. The van der Waals surface area contributed by atoms with Gasteiger partial charge in [-0.1, -0.05) is 117 Å². The highest BCUT2D eigenvalue weighted by Gasteiger charge is 2.48. The summed E-state index contributed by atoms with van der Waals surface area (Å²) in [5, 5.41) is 32.5. The monoisotopic (exact) mass is 542 g/mol. The topological polar surface area (TPSA) is 121 Å². The van der Waals surface area contributed by atoms with Gasteiger partial charge in [0.05, 0.1) is 0 Å². The second-order valence-electron chi connectivity index (χ2n) is 10.9. The van der Waals surface area contributed by atoms with Crippen LogP contribution < -0.4 is 0 Å². The maximum atomic E-state index is 13.0. The minimum absolute atomic E-state index is 0.0208. The molecule has 38 heavy (non-hydrogen) atoms. The molecule has 0 amide bonds. The van der Waals surface area contributed by atoms with Crippen molar-refractivity contribution in [2.75, 3.05) is 6.61 Å². The summed E-state index contributed by atoms with van der Waals surface area (Å²) >= 11 is 0. The zero-order valence-electron chi connectivity index (χ0n) is 24.7. The zero-order chi connectivity index (χ0) is 28.7. The van der Waals surface area contributed by atoms with Crippen molar-refractivity contribution < 1.29 is 34.4 Å². The van der Waals surface area contributed by atoms with E-state index in [0.717, 1.165) is 96.3 Å². The first kappa shape index (κ1) is 36.7. The lowest BCUT2D eigenvalue weighted by Gasteiger charge is -2.33. The number of hydrogen-bond donors (Lipinski definition) is 3. The van der Waals surface area contributed by atoms with Crippen LogP contribution in [0, 0.1) is 0 Å². The van der Waals surface area contributed by atoms with Gasteiger partial charge in [0.15, 0.2) is 17.2 Å². The number of aliphatic hydroxyl groups is 3. The van der Waals surface area contributed by atoms with E-state index in [1.165, 1.54) is 0 Å². The number of unbranched alkanes of at least 4 members (excludes halogenated alkanes) is 15. The van der Waals surface area contributed by atoms with E-state index in [0.29, 0.717) is 19.3 Å². The van der Waals surface area contributed by atoms with Crippen molar-refractivity contribution in [3.63, 3.8) is 0 Å². The zero-order valence-corrected chi connectivity index (χ0v) is 24.7. The van der Waals surface area contributed by atoms with E-state index in [2.05, 4.69) is 20.8 Å². The first-order chi connectivity index (χ1) is 18.2. The van der Waals surface area contributed by atoms with Crippen LogP contribution in [0.1, 0.15) is 156 Å². The minimum atomic E-state index is -2.52. The third-order valence-electron chi connectivity index (χ3n) is 7.32. The van der Waals surface area contributed by atoms with Crippen molar-refractivity contribution in [2.24, 2.45) is 0 Å². The van der Waals surface area contributed by atoms with Crippen LogP contribution in [-0.2, 0) is 19.1 Å². The van der Waals surface area contributed by atoms with Gasteiger partial charge in [-0.25, -0.2) is 0 Å². The number of ether oxygens (including phenoxy) is 1. The molecule has 7 heteroatoms. The maximum Gasteiger partial charge on any atom is 0.305 e. The quantitative estimate of drug-likeness (QED) is 0.0814. The van der Waals surface area contributed by atoms with Crippen LogP contribution in [0.5, 0.6) is 0 Å². The molecule has 0 heterocycles. The molecule has 0 spiro atoms. The van der Waals surface area contributed by atoms with E-state index >= 15 is 0 Å². The van der Waals surface area contributed by atoms with E-state index < -0.39 is 42.0 Å². The van der Waals surface area contributed by atoms with E-state index in [-0.39, 0.29) is 19.3 Å². The van der Waals surface area contributed by atoms with Crippen molar-refractivity contribution in [1.29, 1.82) is 0 Å². The third-order valence-corrected chi connectivity index (χ3v) is 7.32. The highest BCUT2D eigenvalue weighted by atomic mass is 16.5. The molecule has 0 aromatic rings. The Labute approximate surface area is 232 Å². The molecule has 0 saturated carbocycles. The number of ketones is 2. The van der Waals surface area contributed by atoms with Gasteiger partial charge in [-0.2, -0.15) is 0 Å². The van der Waals surface area contributed by atoms with Gasteiger partial charge >= 0.3 is 5.97 Å². The fourth-order valence-electron chi connectivity index (χ4n) is 4.59. The summed E-state index contributed by atoms with van der Waals surface area (Å²) < 4.78 is 5.21. The molecule has 0 radical (unpaired) electrons. The summed E-state index contributed by atoms with van der Waals surface area (Å²) in [6.45, 7) is 5.62. The summed E-state index contributed by atoms with van der Waals surface area (Å²) in [5.41, 5.74) is -2.52. The van der Waals surface area contributed by atoms with Gasteiger partial charge in [0, 0.05) is 19.3 Å². The summed E-state index contributed by atoms with van der Waals surface area (Å²) in [4.78, 5) is 37.9. The Balaban J connectivity index is 5.00. The SMILES string of the molecule is CCCCCCCCC(=O)OCC(O)(C(=O)CCCCCCCC)C(O)C(O)C(=O)CCCCCCCC. The molecule has 0 aromatic carbocycles. The fourth-order valence-corrected chi connectivity index (χ4v) is 4.59. The predicted octanol–water partition coefficient (Wildman–Crippen LogP) is 6.37. The molecule has 0 saturated heterocycles. The molecular weight excluding hydrogens is 484 g/mol. The van der Waals surface area contributed by atoms with E-state index in [1.807, 2.05) is 0 Å². The van der Waals surface area contributed by atoms with Gasteiger partial charge in [-0.05, 0) is 19.3 Å². The lowest BCUT2D eigenvalue weighted by atomic mass is 9.84. The highest BCUT2D eigenvalue weighted by Crippen LogP contribution is 2.23. The van der Waals surface area contributed by atoms with Crippen LogP contribution in [0.15, 0.2) is 0 Å². The second-order valence-corrected chi connectivity index (χ2v) is 10.9. The number of carbonyl (C=O) groups excluding carboxylic acids is 3. The molecule has 0 aliphatic rings. The molecule has 0 aliphatic heterocycles. The van der Waals surface area contributed by atoms with Crippen molar-refractivity contribution in [3.05, 3.63) is 0 Å². The number of carbonyl (C=O) groups is 3. The highest BCUT2D eigenvalue weighted by molar-refractivity contribution is 5.91. The number of esters is 1. The number of hydrogen-bond acceptors (Lipinski definition) is 7. The van der Waals surface area contributed by atoms with Gasteiger partial charge in [-0.15, -0.1) is 0 Å². The number of rotatable bonds is 27. The molecule has 0 aromatic heterocycles. The molecule has 0 bridgehead atoms. The number of aliphatic hydroxyl groups excluding tert-OH is 2. The smallest absolute Gasteiger partial charge is 0.305 e. The third kappa shape index (κ3) is 16.6. The standard InChI is InChI=1S/C31H58O7/c1-4-7-10-13-16-19-22-26(32)29(35)30(36)31(37,27(33)23-20-17-14-11-8-5-2)25-38-28(34)24-21-18-15-12-9-6-3/h29-30,35-37H,4-25H2,1-3H3. The first-order valence-corrected chi connectivity index (χ1v) is 15.5. The Morgan fingerprint density at radius 1 is 0.605 bits per heavy atom. The molecule has 7 nitrogen and oxygen atoms in total. The Hall–Kier alpha value is -1.31. The van der Waals surface area contributed by atoms with Crippen LogP contribution in [0.25, 0.3) is 0 Å². The molecule has 224 valence electrons. The van der Waals surface area contributed by atoms with Gasteiger partial charge in [0.2, 0.25) is 0 Å². The molecule has 0 fully saturated rings. The average molecular weight is 543 g/mol. The summed E-state index contributed by atoms with van der Waals surface area (Å²) in [6.07, 6.45) is 13.6. The second kappa shape index (κ2) is 23.6. The van der Waals surface area contributed by atoms with Crippen LogP contribution >= 0.6 is 0 Å². The largest absolute Gasteiger partial charge is 0.462 e. The average Bonchev–Trinajstić information content (AvgIpc) is 2.91. The van der Waals surface area contributed by atoms with Gasteiger partial charge in [-0.3, -0.25) is 14.4 Å². The molecular formula is C31H58O7. The summed E-state index contributed by atoms with van der Waals surface area (Å²) in [7, 11) is 0. The van der Waals surface area contributed by atoms with E-state index in [9.17, 15) is 29.7 Å². The normalized spacial score (nSPS) is 14.6. The summed E-state index contributed by atoms with van der Waals surface area (Å²) in [6, 6.07) is 0. The van der Waals surface area contributed by atoms with Gasteiger partial charge in [0.1, 0.15) is 18.8 Å². The van der Waals surface area contributed by atoms with E-state index in [4.69, 9.17) is 4.74 Å². The Kier molecular flexibility index (Phi) is 22.8. The molecule has 3 N–H and O–H groups in total. The van der Waals surface area contributed by atoms with Crippen LogP contribution in [-0.4, -0.2) is 57.3 Å². The van der Waals surface area contributed by atoms with Crippen molar-refractivity contribution >= 4 is 17.5 Å². The number of Topliss-reactive ketones (excluding diaryl/α,β-unsaturated/α-hetero) is 2. The molecule has 3 unspecified atom stereocenters. The Morgan fingerprint density at radius 2 is 1.00 bits per heavy atom. The lowest BCUT2D eigenvalue weighted by Crippen LogP contribution is -2.59. The van der Waals surface area contributed by atoms with Crippen LogP contribution in [0.2, 0.25) is 0 Å². The van der Waals surface area contributed by atoms with Crippen molar-refractivity contribution in [1.82, 2.24) is 0 Å². The van der Waals surface area contributed by atoms with Gasteiger partial charge in [0.25, 0.3) is 0 Å². The van der Waals surface area contributed by atoms with Crippen LogP contribution in [0.3, 0.4) is 0 Å². The van der Waals surface area contributed by atoms with Crippen LogP contribution in [0.4, 0.5) is 0 Å². The predicted molar refractivity (Wildman–Crippen MR) is 152 cm³/mol. The van der Waals surface area contributed by atoms with E-state index in [1.54, 1.807) is 0 Å². The Bertz CT molecular complexity index is 621. The Morgan fingerprint density at radius 3 is 1.47 bits per heavy atom. The van der Waals surface area contributed by atoms with Crippen molar-refractivity contribution in [2.45, 2.75) is 173 Å². The fraction of sp³-hybridized carbons (Fsp3) is 0.903. The summed E-state index contributed by atoms with van der Waals surface area (Å²) in [5.74, 6) is -1.89. The van der Waals surface area contributed by atoms with Crippen molar-refractivity contribution in [3.8, 4) is 0 Å². The first-order valence-electron chi connectivity index (χ1n) is 15.5. The molecule has 0 aliphatic carbocycles. The lowest BCUT2D eigenvalue weighted by molar-refractivity contribution is -0.182. The van der Waals surface area contributed by atoms with Gasteiger partial charge < -0.3 is 20.1 Å².